The smallest absolute Gasteiger partial charge is 0.0628 e. The summed E-state index contributed by atoms with van der Waals surface area (Å²) in [5.41, 5.74) is 3.65. The van der Waals surface area contributed by atoms with Crippen LogP contribution in [0.25, 0.3) is 0 Å². The van der Waals surface area contributed by atoms with Gasteiger partial charge in [0.05, 0.1) is 5.38 Å². The molecule has 2 rings (SSSR count). The molecule has 0 aliphatic heterocycles. The molecule has 17 heavy (non-hydrogen) atoms. The number of aryl methyl sites for hydroxylation is 2. The molecule has 0 radical (unpaired) electrons. The Kier molecular flexibility index (Phi) is 4.38. The molecule has 0 heterocycles. The maximum absolute atomic E-state index is 6.63. The predicted octanol–water partition coefficient (Wildman–Crippen LogP) is 5.82. The minimum Gasteiger partial charge on any atom is -0.117 e. The van der Waals surface area contributed by atoms with Gasteiger partial charge in [-0.05, 0) is 55.4 Å². The quantitative estimate of drug-likeness (QED) is 0.595. The van der Waals surface area contributed by atoms with Crippen LogP contribution in [0.15, 0.2) is 12.1 Å². The van der Waals surface area contributed by atoms with Crippen molar-refractivity contribution in [2.45, 2.75) is 51.3 Å². The van der Waals surface area contributed by atoms with E-state index in [0.29, 0.717) is 5.92 Å². The molecule has 0 amide bonds. The van der Waals surface area contributed by atoms with Gasteiger partial charge in [0.15, 0.2) is 0 Å². The van der Waals surface area contributed by atoms with Crippen molar-refractivity contribution in [3.63, 3.8) is 0 Å². The Hall–Kier alpha value is -0.200. The first-order valence-corrected chi connectivity index (χ1v) is 7.31. The molecule has 1 aromatic carbocycles. The Bertz CT molecular complexity index is 392. The molecular weight excluding hydrogens is 251 g/mol. The molecule has 1 aliphatic rings. The summed E-state index contributed by atoms with van der Waals surface area (Å²) in [6.07, 6.45) is 6.49. The van der Waals surface area contributed by atoms with Crippen LogP contribution in [0.2, 0.25) is 5.02 Å². The first kappa shape index (κ1) is 13.2. The molecule has 1 aromatic rings. The fourth-order valence-electron chi connectivity index (χ4n) is 2.70. The van der Waals surface area contributed by atoms with Gasteiger partial charge < -0.3 is 0 Å². The molecule has 1 aliphatic carbocycles. The summed E-state index contributed by atoms with van der Waals surface area (Å²) in [5.74, 6) is 0.602. The monoisotopic (exact) mass is 270 g/mol. The summed E-state index contributed by atoms with van der Waals surface area (Å²) in [4.78, 5) is 0. The minimum atomic E-state index is 0.0853. The van der Waals surface area contributed by atoms with Crippen molar-refractivity contribution < 1.29 is 0 Å². The average molecular weight is 271 g/mol. The van der Waals surface area contributed by atoms with Gasteiger partial charge in [-0.25, -0.2) is 0 Å². The Morgan fingerprint density at radius 1 is 1.06 bits per heavy atom. The van der Waals surface area contributed by atoms with Gasteiger partial charge in [-0.15, -0.1) is 11.6 Å². The average Bonchev–Trinajstić information content (AvgIpc) is 2.34. The van der Waals surface area contributed by atoms with E-state index in [-0.39, 0.29) is 5.38 Å². The van der Waals surface area contributed by atoms with Crippen LogP contribution in [0, 0.1) is 19.8 Å². The highest BCUT2D eigenvalue weighted by Crippen LogP contribution is 2.41. The van der Waals surface area contributed by atoms with Crippen LogP contribution in [-0.4, -0.2) is 0 Å². The molecule has 0 nitrogen and oxygen atoms in total. The van der Waals surface area contributed by atoms with Crippen LogP contribution >= 0.6 is 23.2 Å². The standard InChI is InChI=1S/C15H20Cl2/c1-10-8-13(14(16)9-11(10)2)15(17)12-6-4-3-5-7-12/h8-9,12,15H,3-7H2,1-2H3. The Balaban J connectivity index is 2.23. The molecule has 1 fully saturated rings. The number of alkyl halides is 1. The van der Waals surface area contributed by atoms with Crippen LogP contribution in [0.5, 0.6) is 0 Å². The molecule has 0 saturated heterocycles. The van der Waals surface area contributed by atoms with E-state index in [0.717, 1.165) is 10.6 Å². The highest BCUT2D eigenvalue weighted by Gasteiger charge is 2.25. The van der Waals surface area contributed by atoms with E-state index < -0.39 is 0 Å². The van der Waals surface area contributed by atoms with Crippen molar-refractivity contribution in [2.24, 2.45) is 5.92 Å². The minimum absolute atomic E-state index is 0.0853. The first-order valence-electron chi connectivity index (χ1n) is 6.50. The number of rotatable bonds is 2. The van der Waals surface area contributed by atoms with Crippen LogP contribution in [-0.2, 0) is 0 Å². The van der Waals surface area contributed by atoms with Gasteiger partial charge >= 0.3 is 0 Å². The van der Waals surface area contributed by atoms with E-state index in [1.54, 1.807) is 0 Å². The van der Waals surface area contributed by atoms with E-state index in [4.69, 9.17) is 23.2 Å². The molecule has 2 heteroatoms. The maximum Gasteiger partial charge on any atom is 0.0628 e. The van der Waals surface area contributed by atoms with Gasteiger partial charge in [-0.3, -0.25) is 0 Å². The summed E-state index contributed by atoms with van der Waals surface area (Å²) >= 11 is 13.0. The highest BCUT2D eigenvalue weighted by molar-refractivity contribution is 6.33. The fourth-order valence-corrected chi connectivity index (χ4v) is 3.52. The lowest BCUT2D eigenvalue weighted by Crippen LogP contribution is -2.12. The summed E-state index contributed by atoms with van der Waals surface area (Å²) in [7, 11) is 0. The van der Waals surface area contributed by atoms with Gasteiger partial charge in [-0.1, -0.05) is 36.9 Å². The van der Waals surface area contributed by atoms with Gasteiger partial charge in [-0.2, -0.15) is 0 Å². The van der Waals surface area contributed by atoms with Crippen molar-refractivity contribution in [2.75, 3.05) is 0 Å². The lowest BCUT2D eigenvalue weighted by molar-refractivity contribution is 0.348. The van der Waals surface area contributed by atoms with E-state index in [9.17, 15) is 0 Å². The maximum atomic E-state index is 6.63. The zero-order valence-corrected chi connectivity index (χ0v) is 12.1. The number of benzene rings is 1. The summed E-state index contributed by atoms with van der Waals surface area (Å²) in [5, 5.41) is 0.917. The van der Waals surface area contributed by atoms with Gasteiger partial charge in [0.25, 0.3) is 0 Å². The second kappa shape index (κ2) is 5.63. The van der Waals surface area contributed by atoms with Crippen molar-refractivity contribution in [3.8, 4) is 0 Å². The molecule has 1 saturated carbocycles. The number of hydrogen-bond acceptors (Lipinski definition) is 0. The van der Waals surface area contributed by atoms with E-state index in [1.807, 2.05) is 6.07 Å². The Morgan fingerprint density at radius 3 is 2.29 bits per heavy atom. The summed E-state index contributed by atoms with van der Waals surface area (Å²) in [6, 6.07) is 4.22. The zero-order chi connectivity index (χ0) is 12.4. The largest absolute Gasteiger partial charge is 0.117 e. The second-order valence-electron chi connectivity index (χ2n) is 5.26. The third kappa shape index (κ3) is 2.98. The lowest BCUT2D eigenvalue weighted by Gasteiger charge is -2.27. The van der Waals surface area contributed by atoms with Crippen LogP contribution in [0.4, 0.5) is 0 Å². The molecule has 0 aromatic heterocycles. The molecule has 0 spiro atoms. The highest BCUT2D eigenvalue weighted by atomic mass is 35.5. The van der Waals surface area contributed by atoms with Crippen LogP contribution in [0.3, 0.4) is 0 Å². The number of hydrogen-bond donors (Lipinski definition) is 0. The Morgan fingerprint density at radius 2 is 1.65 bits per heavy atom. The SMILES string of the molecule is Cc1cc(Cl)c(C(Cl)C2CCCCC2)cc1C. The third-order valence-electron chi connectivity index (χ3n) is 3.97. The molecule has 1 atom stereocenters. The van der Waals surface area contributed by atoms with Crippen molar-refractivity contribution in [1.29, 1.82) is 0 Å². The topological polar surface area (TPSA) is 0 Å². The van der Waals surface area contributed by atoms with Gasteiger partial charge in [0.2, 0.25) is 0 Å². The second-order valence-corrected chi connectivity index (χ2v) is 6.14. The van der Waals surface area contributed by atoms with Crippen LogP contribution in [0.1, 0.15) is 54.2 Å². The lowest BCUT2D eigenvalue weighted by atomic mass is 9.84. The van der Waals surface area contributed by atoms with Gasteiger partial charge in [0.1, 0.15) is 0 Å². The van der Waals surface area contributed by atoms with Crippen LogP contribution < -0.4 is 0 Å². The molecule has 0 bridgehead atoms. The molecule has 0 N–H and O–H groups in total. The normalized spacial score (nSPS) is 19.3. The summed E-state index contributed by atoms with van der Waals surface area (Å²) in [6.45, 7) is 4.22. The van der Waals surface area contributed by atoms with Gasteiger partial charge in [0, 0.05) is 5.02 Å². The molecule has 94 valence electrons. The number of halogens is 2. The first-order chi connectivity index (χ1) is 8.09. The fraction of sp³-hybridized carbons (Fsp3) is 0.600. The summed E-state index contributed by atoms with van der Waals surface area (Å²) < 4.78 is 0. The zero-order valence-electron chi connectivity index (χ0n) is 10.6. The third-order valence-corrected chi connectivity index (χ3v) is 4.89. The van der Waals surface area contributed by atoms with Crippen molar-refractivity contribution in [1.82, 2.24) is 0 Å². The predicted molar refractivity (Wildman–Crippen MR) is 76.1 cm³/mol. The van der Waals surface area contributed by atoms with Crippen molar-refractivity contribution in [3.05, 3.63) is 33.8 Å². The molecule has 1 unspecified atom stereocenters. The van der Waals surface area contributed by atoms with Crippen molar-refractivity contribution >= 4 is 23.2 Å². The van der Waals surface area contributed by atoms with E-state index >= 15 is 0 Å². The van der Waals surface area contributed by atoms with E-state index in [1.165, 1.54) is 43.2 Å². The Labute approximate surface area is 114 Å². The molecular formula is C15H20Cl2. The van der Waals surface area contributed by atoms with E-state index in [2.05, 4.69) is 19.9 Å².